The van der Waals surface area contributed by atoms with E-state index in [0.717, 1.165) is 6.08 Å². The molecule has 1 saturated heterocycles. The molecule has 36 heavy (non-hydrogen) atoms. The molecule has 1 aliphatic heterocycles. The van der Waals surface area contributed by atoms with Crippen molar-refractivity contribution in [1.82, 2.24) is 26.6 Å². The molecule has 5 amide bonds. The molecular weight excluding hydrogens is 468 g/mol. The molecule has 0 aromatic carbocycles. The first-order chi connectivity index (χ1) is 16.8. The quantitative estimate of drug-likeness (QED) is 0.133. The van der Waals surface area contributed by atoms with Crippen LogP contribution >= 0.6 is 0 Å². The van der Waals surface area contributed by atoms with Gasteiger partial charge < -0.3 is 32.3 Å². The Balaban J connectivity index is 2.64. The lowest BCUT2D eigenvalue weighted by Crippen LogP contribution is -2.56. The molecule has 0 aromatic heterocycles. The normalized spacial score (nSPS) is 18.2. The number of carbonyl (C=O) groups excluding carboxylic acids is 6. The average molecular weight is 507 g/mol. The van der Waals surface area contributed by atoms with Crippen LogP contribution in [0.4, 0.5) is 0 Å². The summed E-state index contributed by atoms with van der Waals surface area (Å²) < 4.78 is 0. The second-order valence-corrected chi connectivity index (χ2v) is 9.07. The highest BCUT2D eigenvalue weighted by Crippen LogP contribution is 2.16. The second kappa shape index (κ2) is 14.6. The maximum Gasteiger partial charge on any atom is 0.267 e. The standard InChI is InChI=1S/C24H38N6O6/c1-6-7-17(11-16-8-9-26-22(16)34)29-19(32)12-27-24(36)20(13(2)3)30-21(33)15(5)28-23(35)18(25)10-14(4)31/h6-7,10,13,15-17,20H,8-9,11-12,25H2,1-5H3,(H,26,34)(H,27,36)(H,28,35)(H,29,32)(H,30,33)/b7-6+,18-10?. The fourth-order valence-corrected chi connectivity index (χ4v) is 3.57. The van der Waals surface area contributed by atoms with Gasteiger partial charge in [-0.3, -0.25) is 28.8 Å². The van der Waals surface area contributed by atoms with Gasteiger partial charge in [-0.15, -0.1) is 0 Å². The third kappa shape index (κ3) is 10.3. The van der Waals surface area contributed by atoms with Crippen LogP contribution in [-0.4, -0.2) is 66.5 Å². The summed E-state index contributed by atoms with van der Waals surface area (Å²) >= 11 is 0. The first-order valence-corrected chi connectivity index (χ1v) is 11.9. The van der Waals surface area contributed by atoms with Crippen molar-refractivity contribution in [2.24, 2.45) is 17.6 Å². The topological polar surface area (TPSA) is 189 Å². The van der Waals surface area contributed by atoms with Gasteiger partial charge in [0.15, 0.2) is 5.78 Å². The number of amides is 5. The number of rotatable bonds is 13. The SMILES string of the molecule is C/C=C/C(CC1CCNC1=O)NC(=O)CNC(=O)C(NC(=O)C(C)NC(=O)C(N)=CC(C)=O)C(C)C. The van der Waals surface area contributed by atoms with Gasteiger partial charge in [0.2, 0.25) is 23.6 Å². The van der Waals surface area contributed by atoms with Crippen molar-refractivity contribution in [3.8, 4) is 0 Å². The fraction of sp³-hybridized carbons (Fsp3) is 0.583. The summed E-state index contributed by atoms with van der Waals surface area (Å²) in [6.07, 6.45) is 5.67. The molecule has 0 aromatic rings. The van der Waals surface area contributed by atoms with Gasteiger partial charge in [-0.25, -0.2) is 0 Å². The first-order valence-electron chi connectivity index (χ1n) is 11.9. The summed E-state index contributed by atoms with van der Waals surface area (Å²) in [7, 11) is 0. The van der Waals surface area contributed by atoms with Crippen LogP contribution < -0.4 is 32.3 Å². The van der Waals surface area contributed by atoms with Crippen molar-refractivity contribution < 1.29 is 28.8 Å². The van der Waals surface area contributed by atoms with Crippen LogP contribution in [0.3, 0.4) is 0 Å². The number of carbonyl (C=O) groups is 6. The van der Waals surface area contributed by atoms with Crippen molar-refractivity contribution >= 4 is 35.3 Å². The van der Waals surface area contributed by atoms with Crippen LogP contribution in [0.25, 0.3) is 0 Å². The maximum absolute atomic E-state index is 12.7. The van der Waals surface area contributed by atoms with E-state index in [1.165, 1.54) is 13.8 Å². The van der Waals surface area contributed by atoms with Crippen molar-refractivity contribution in [3.05, 3.63) is 23.9 Å². The zero-order chi connectivity index (χ0) is 27.4. The highest BCUT2D eigenvalue weighted by Gasteiger charge is 2.29. The molecule has 1 aliphatic rings. The van der Waals surface area contributed by atoms with Crippen molar-refractivity contribution in [3.63, 3.8) is 0 Å². The van der Waals surface area contributed by atoms with Crippen molar-refractivity contribution in [2.45, 2.75) is 65.6 Å². The molecular formula is C24H38N6O6. The van der Waals surface area contributed by atoms with E-state index in [1.54, 1.807) is 26.0 Å². The second-order valence-electron chi connectivity index (χ2n) is 9.07. The van der Waals surface area contributed by atoms with Crippen molar-refractivity contribution in [1.29, 1.82) is 0 Å². The molecule has 7 N–H and O–H groups in total. The number of allylic oxidation sites excluding steroid dienone is 2. The largest absolute Gasteiger partial charge is 0.394 e. The number of ketones is 1. The molecule has 4 unspecified atom stereocenters. The van der Waals surface area contributed by atoms with Gasteiger partial charge in [0.1, 0.15) is 17.8 Å². The van der Waals surface area contributed by atoms with Gasteiger partial charge in [-0.05, 0) is 39.5 Å². The van der Waals surface area contributed by atoms with Crippen molar-refractivity contribution in [2.75, 3.05) is 13.1 Å². The molecule has 0 aliphatic carbocycles. The van der Waals surface area contributed by atoms with E-state index in [0.29, 0.717) is 19.4 Å². The van der Waals surface area contributed by atoms with E-state index >= 15 is 0 Å². The smallest absolute Gasteiger partial charge is 0.267 e. The Morgan fingerprint density at radius 3 is 2.28 bits per heavy atom. The summed E-state index contributed by atoms with van der Waals surface area (Å²) in [5.74, 6) is -3.39. The van der Waals surface area contributed by atoms with E-state index in [4.69, 9.17) is 5.73 Å². The van der Waals surface area contributed by atoms with Gasteiger partial charge in [0.05, 0.1) is 6.54 Å². The molecule has 1 heterocycles. The molecule has 200 valence electrons. The zero-order valence-electron chi connectivity index (χ0n) is 21.5. The Morgan fingerprint density at radius 1 is 1.08 bits per heavy atom. The van der Waals surface area contributed by atoms with E-state index in [1.807, 2.05) is 6.92 Å². The Kier molecular flexibility index (Phi) is 12.3. The van der Waals surface area contributed by atoms with E-state index < -0.39 is 41.5 Å². The lowest BCUT2D eigenvalue weighted by atomic mass is 9.98. The molecule has 1 fully saturated rings. The lowest BCUT2D eigenvalue weighted by molar-refractivity contribution is -0.132. The highest BCUT2D eigenvalue weighted by atomic mass is 16.2. The van der Waals surface area contributed by atoms with Crippen LogP contribution in [0, 0.1) is 11.8 Å². The molecule has 12 heteroatoms. The average Bonchev–Trinajstić information content (AvgIpc) is 3.19. The number of nitrogens with two attached hydrogens (primary N) is 1. The van der Waals surface area contributed by atoms with Crippen LogP contribution in [0.1, 0.15) is 47.5 Å². The molecule has 0 radical (unpaired) electrons. The van der Waals surface area contributed by atoms with Gasteiger partial charge in [0, 0.05) is 24.6 Å². The maximum atomic E-state index is 12.7. The molecule has 0 bridgehead atoms. The third-order valence-corrected chi connectivity index (χ3v) is 5.50. The summed E-state index contributed by atoms with van der Waals surface area (Å²) in [6, 6.07) is -2.37. The van der Waals surface area contributed by atoms with Crippen LogP contribution in [0.2, 0.25) is 0 Å². The third-order valence-electron chi connectivity index (χ3n) is 5.50. The molecule has 0 spiro atoms. The summed E-state index contributed by atoms with van der Waals surface area (Å²) in [5.41, 5.74) is 5.17. The number of hydrogen-bond donors (Lipinski definition) is 6. The number of nitrogens with one attached hydrogen (secondary N) is 5. The minimum absolute atomic E-state index is 0.0365. The highest BCUT2D eigenvalue weighted by molar-refractivity contribution is 6.02. The van der Waals surface area contributed by atoms with Gasteiger partial charge >= 0.3 is 0 Å². The molecule has 0 saturated carbocycles. The monoisotopic (exact) mass is 506 g/mol. The predicted molar refractivity (Wildman–Crippen MR) is 133 cm³/mol. The molecule has 4 atom stereocenters. The lowest BCUT2D eigenvalue weighted by Gasteiger charge is -2.24. The molecule has 1 rings (SSSR count). The Bertz CT molecular complexity index is 913. The minimum Gasteiger partial charge on any atom is -0.394 e. The van der Waals surface area contributed by atoms with Crippen LogP contribution in [-0.2, 0) is 28.8 Å². The van der Waals surface area contributed by atoms with Crippen LogP contribution in [0.5, 0.6) is 0 Å². The first kappa shape index (κ1) is 30.3. The van der Waals surface area contributed by atoms with E-state index in [2.05, 4.69) is 26.6 Å². The predicted octanol–water partition coefficient (Wildman–Crippen LogP) is -1.23. The van der Waals surface area contributed by atoms with E-state index in [9.17, 15) is 28.8 Å². The van der Waals surface area contributed by atoms with Gasteiger partial charge in [-0.1, -0.05) is 26.0 Å². The molecule has 12 nitrogen and oxygen atoms in total. The van der Waals surface area contributed by atoms with Gasteiger partial charge in [-0.2, -0.15) is 0 Å². The zero-order valence-corrected chi connectivity index (χ0v) is 21.5. The van der Waals surface area contributed by atoms with Gasteiger partial charge in [0.25, 0.3) is 5.91 Å². The summed E-state index contributed by atoms with van der Waals surface area (Å²) in [4.78, 5) is 72.6. The fourth-order valence-electron chi connectivity index (χ4n) is 3.57. The van der Waals surface area contributed by atoms with E-state index in [-0.39, 0.29) is 36.0 Å². The number of hydrogen-bond acceptors (Lipinski definition) is 7. The summed E-state index contributed by atoms with van der Waals surface area (Å²) in [5, 5.41) is 13.0. The Labute approximate surface area is 211 Å². The Hall–Kier alpha value is -3.70. The Morgan fingerprint density at radius 2 is 1.75 bits per heavy atom. The van der Waals surface area contributed by atoms with Crippen LogP contribution in [0.15, 0.2) is 23.9 Å². The summed E-state index contributed by atoms with van der Waals surface area (Å²) in [6.45, 7) is 8.18. The minimum atomic E-state index is -1.04.